The molecule has 0 spiro atoms. The van der Waals surface area contributed by atoms with Gasteiger partial charge in [0.1, 0.15) is 0 Å². The molecule has 22 heavy (non-hydrogen) atoms. The van der Waals surface area contributed by atoms with E-state index in [9.17, 15) is 9.59 Å². The highest BCUT2D eigenvalue weighted by Gasteiger charge is 2.28. The summed E-state index contributed by atoms with van der Waals surface area (Å²) < 4.78 is 0. The number of amides is 1. The van der Waals surface area contributed by atoms with Gasteiger partial charge >= 0.3 is 5.97 Å². The molecular weight excluding hydrogens is 298 g/mol. The fourth-order valence-electron chi connectivity index (χ4n) is 2.46. The van der Waals surface area contributed by atoms with Gasteiger partial charge < -0.3 is 10.4 Å². The first-order chi connectivity index (χ1) is 10.6. The van der Waals surface area contributed by atoms with Gasteiger partial charge in [0.25, 0.3) is 0 Å². The molecule has 1 unspecified atom stereocenters. The van der Waals surface area contributed by atoms with Gasteiger partial charge in [0, 0.05) is 17.2 Å². The maximum atomic E-state index is 12.3. The number of rotatable bonds is 4. The highest BCUT2D eigenvalue weighted by atomic mass is 32.2. The lowest BCUT2D eigenvalue weighted by atomic mass is 10.0. The van der Waals surface area contributed by atoms with Crippen molar-refractivity contribution in [2.75, 3.05) is 5.75 Å². The van der Waals surface area contributed by atoms with Gasteiger partial charge in [0.05, 0.1) is 11.5 Å². The van der Waals surface area contributed by atoms with Crippen molar-refractivity contribution in [3.8, 4) is 0 Å². The van der Waals surface area contributed by atoms with Gasteiger partial charge in [-0.25, -0.2) is 4.79 Å². The number of carbonyl (C=O) groups is 2. The van der Waals surface area contributed by atoms with Gasteiger partial charge in [0.2, 0.25) is 5.91 Å². The molecule has 1 atom stereocenters. The largest absolute Gasteiger partial charge is 0.478 e. The summed E-state index contributed by atoms with van der Waals surface area (Å²) in [6.07, 6.45) is 0. The normalized spacial score (nSPS) is 16.1. The fraction of sp³-hybridized carbons (Fsp3) is 0.176. The van der Waals surface area contributed by atoms with E-state index in [-0.39, 0.29) is 17.4 Å². The van der Waals surface area contributed by atoms with Gasteiger partial charge in [-0.15, -0.1) is 11.8 Å². The van der Waals surface area contributed by atoms with Crippen molar-refractivity contribution in [2.45, 2.75) is 17.4 Å². The van der Waals surface area contributed by atoms with Crippen molar-refractivity contribution in [3.05, 3.63) is 65.2 Å². The minimum absolute atomic E-state index is 0.0137. The number of nitrogens with one attached hydrogen (secondary N) is 1. The number of hydrogen-bond donors (Lipinski definition) is 2. The molecule has 5 heteroatoms. The summed E-state index contributed by atoms with van der Waals surface area (Å²) in [5, 5.41) is 11.8. The van der Waals surface area contributed by atoms with E-state index in [4.69, 9.17) is 5.11 Å². The second-order valence-corrected chi connectivity index (χ2v) is 6.18. The second kappa shape index (κ2) is 6.23. The highest BCUT2D eigenvalue weighted by molar-refractivity contribution is 7.99. The molecule has 2 aromatic carbocycles. The van der Waals surface area contributed by atoms with E-state index in [1.807, 2.05) is 24.3 Å². The summed E-state index contributed by atoms with van der Waals surface area (Å²) in [4.78, 5) is 24.3. The molecule has 0 radical (unpaired) electrons. The third-order valence-corrected chi connectivity index (χ3v) is 4.87. The minimum Gasteiger partial charge on any atom is -0.478 e. The molecule has 1 aliphatic heterocycles. The molecule has 2 aromatic rings. The quantitative estimate of drug-likeness (QED) is 0.911. The predicted octanol–water partition coefficient (Wildman–Crippen LogP) is 2.89. The van der Waals surface area contributed by atoms with Crippen LogP contribution in [0.1, 0.15) is 27.4 Å². The number of aromatic carboxylic acids is 1. The maximum Gasteiger partial charge on any atom is 0.335 e. The van der Waals surface area contributed by atoms with Crippen LogP contribution in [0.3, 0.4) is 0 Å². The second-order valence-electron chi connectivity index (χ2n) is 5.12. The van der Waals surface area contributed by atoms with Crippen molar-refractivity contribution in [3.63, 3.8) is 0 Å². The van der Waals surface area contributed by atoms with Crippen LogP contribution in [0.25, 0.3) is 0 Å². The van der Waals surface area contributed by atoms with E-state index in [0.29, 0.717) is 6.54 Å². The highest BCUT2D eigenvalue weighted by Crippen LogP contribution is 2.39. The smallest absolute Gasteiger partial charge is 0.335 e. The number of hydrogen-bond acceptors (Lipinski definition) is 3. The third-order valence-electron chi connectivity index (χ3n) is 3.68. The van der Waals surface area contributed by atoms with E-state index < -0.39 is 5.97 Å². The Hall–Kier alpha value is -2.27. The van der Waals surface area contributed by atoms with E-state index in [0.717, 1.165) is 16.9 Å². The number of thioether (sulfide) groups is 1. The molecule has 1 aliphatic rings. The Morgan fingerprint density at radius 2 is 1.86 bits per heavy atom. The van der Waals surface area contributed by atoms with Crippen molar-refractivity contribution < 1.29 is 14.7 Å². The van der Waals surface area contributed by atoms with Gasteiger partial charge in [0.15, 0.2) is 0 Å². The van der Waals surface area contributed by atoms with Gasteiger partial charge in [-0.1, -0.05) is 30.3 Å². The Morgan fingerprint density at radius 3 is 2.59 bits per heavy atom. The summed E-state index contributed by atoms with van der Waals surface area (Å²) in [5.74, 6) is -0.280. The van der Waals surface area contributed by atoms with E-state index >= 15 is 0 Å². The number of fused-ring (bicyclic) bond motifs is 1. The summed E-state index contributed by atoms with van der Waals surface area (Å²) in [7, 11) is 0. The third kappa shape index (κ3) is 2.99. The molecule has 2 N–H and O–H groups in total. The zero-order valence-electron chi connectivity index (χ0n) is 11.8. The molecule has 0 aliphatic carbocycles. The van der Waals surface area contributed by atoms with Crippen LogP contribution in [0, 0.1) is 0 Å². The van der Waals surface area contributed by atoms with E-state index in [1.54, 1.807) is 36.0 Å². The Balaban J connectivity index is 1.62. The van der Waals surface area contributed by atoms with Gasteiger partial charge in [-0.05, 0) is 29.3 Å². The van der Waals surface area contributed by atoms with Crippen LogP contribution in [-0.4, -0.2) is 22.7 Å². The first-order valence-electron chi connectivity index (χ1n) is 6.97. The van der Waals surface area contributed by atoms with Crippen molar-refractivity contribution in [2.24, 2.45) is 0 Å². The molecule has 0 bridgehead atoms. The predicted molar refractivity (Wildman–Crippen MR) is 85.2 cm³/mol. The topological polar surface area (TPSA) is 66.4 Å². The van der Waals surface area contributed by atoms with Crippen LogP contribution in [-0.2, 0) is 11.3 Å². The molecule has 0 fully saturated rings. The number of benzene rings is 2. The number of carbonyl (C=O) groups excluding carboxylic acids is 1. The van der Waals surface area contributed by atoms with Crippen molar-refractivity contribution in [1.29, 1.82) is 0 Å². The molecule has 1 amide bonds. The first-order valence-corrected chi connectivity index (χ1v) is 7.95. The summed E-state index contributed by atoms with van der Waals surface area (Å²) >= 11 is 1.71. The van der Waals surface area contributed by atoms with Crippen molar-refractivity contribution in [1.82, 2.24) is 5.32 Å². The lowest BCUT2D eigenvalue weighted by Crippen LogP contribution is -2.29. The zero-order chi connectivity index (χ0) is 15.5. The molecule has 1 heterocycles. The molecule has 112 valence electrons. The average molecular weight is 313 g/mol. The maximum absolute atomic E-state index is 12.3. The van der Waals surface area contributed by atoms with Crippen LogP contribution >= 0.6 is 11.8 Å². The fourth-order valence-corrected chi connectivity index (χ4v) is 3.69. The zero-order valence-corrected chi connectivity index (χ0v) is 12.6. The van der Waals surface area contributed by atoms with Crippen LogP contribution in [0.4, 0.5) is 0 Å². The molecular formula is C17H15NO3S. The molecule has 0 saturated carbocycles. The Labute approximate surface area is 132 Å². The molecule has 4 nitrogen and oxygen atoms in total. The van der Waals surface area contributed by atoms with Crippen molar-refractivity contribution >= 4 is 23.6 Å². The monoisotopic (exact) mass is 313 g/mol. The summed E-state index contributed by atoms with van der Waals surface area (Å²) in [6, 6.07) is 14.5. The Kier molecular flexibility index (Phi) is 4.15. The summed E-state index contributed by atoms with van der Waals surface area (Å²) in [6.45, 7) is 0.405. The number of carboxylic acids is 1. The Morgan fingerprint density at radius 1 is 1.14 bits per heavy atom. The number of carboxylic acid groups (broad SMARTS) is 1. The van der Waals surface area contributed by atoms with Crippen LogP contribution in [0.15, 0.2) is 53.4 Å². The Bertz CT molecular complexity index is 712. The lowest BCUT2D eigenvalue weighted by molar-refractivity contribution is -0.122. The molecule has 0 aromatic heterocycles. The average Bonchev–Trinajstić information content (AvgIpc) is 2.97. The SMILES string of the molecule is O=C(O)c1ccc(CNC(=O)C2CSc3ccccc32)cc1. The molecule has 0 saturated heterocycles. The molecule has 3 rings (SSSR count). The van der Waals surface area contributed by atoms with Gasteiger partial charge in [-0.2, -0.15) is 0 Å². The first kappa shape index (κ1) is 14.7. The van der Waals surface area contributed by atoms with E-state index in [2.05, 4.69) is 5.32 Å². The standard InChI is InChI=1S/C17H15NO3S/c19-16(14-10-22-15-4-2-1-3-13(14)15)18-9-11-5-7-12(8-6-11)17(20)21/h1-8,14H,9-10H2,(H,18,19)(H,20,21). The van der Waals surface area contributed by atoms with E-state index in [1.165, 1.54) is 4.90 Å². The van der Waals surface area contributed by atoms with Crippen LogP contribution in [0.2, 0.25) is 0 Å². The lowest BCUT2D eigenvalue weighted by Gasteiger charge is -2.11. The minimum atomic E-state index is -0.949. The van der Waals surface area contributed by atoms with Gasteiger partial charge in [-0.3, -0.25) is 4.79 Å². The van der Waals surface area contributed by atoms with Crippen LogP contribution < -0.4 is 5.32 Å². The van der Waals surface area contributed by atoms with Crippen LogP contribution in [0.5, 0.6) is 0 Å². The summed E-state index contributed by atoms with van der Waals surface area (Å²) in [5.41, 5.74) is 2.22.